The molecule has 4 rings (SSSR count). The minimum atomic E-state index is -0.492. The number of benzene rings is 3. The number of nitro benzene ring substituents is 1. The van der Waals surface area contributed by atoms with Crippen LogP contribution in [0.5, 0.6) is 0 Å². The first-order chi connectivity index (χ1) is 15.1. The van der Waals surface area contributed by atoms with Crippen LogP contribution in [-0.4, -0.2) is 27.2 Å². The normalized spacial score (nSPS) is 10.8. The summed E-state index contributed by atoms with van der Waals surface area (Å²) in [7, 11) is 0. The van der Waals surface area contributed by atoms with Gasteiger partial charge in [-0.25, -0.2) is 5.43 Å². The van der Waals surface area contributed by atoms with Crippen LogP contribution >= 0.6 is 0 Å². The number of rotatable bonds is 6. The van der Waals surface area contributed by atoms with E-state index in [-0.39, 0.29) is 11.4 Å². The number of amides is 1. The van der Waals surface area contributed by atoms with E-state index in [1.807, 2.05) is 54.6 Å². The zero-order valence-corrected chi connectivity index (χ0v) is 16.2. The van der Waals surface area contributed by atoms with Gasteiger partial charge in [-0.05, 0) is 17.2 Å². The van der Waals surface area contributed by atoms with Crippen LogP contribution in [0.15, 0.2) is 90.0 Å². The zero-order valence-electron chi connectivity index (χ0n) is 16.2. The number of hydrazone groups is 1. The Morgan fingerprint density at radius 2 is 1.65 bits per heavy atom. The van der Waals surface area contributed by atoms with Crippen LogP contribution in [0.1, 0.15) is 16.1 Å². The van der Waals surface area contributed by atoms with E-state index >= 15 is 0 Å². The minimum Gasteiger partial charge on any atom is -0.272 e. The summed E-state index contributed by atoms with van der Waals surface area (Å²) in [5.74, 6) is -0.471. The molecule has 3 aromatic carbocycles. The largest absolute Gasteiger partial charge is 0.289 e. The van der Waals surface area contributed by atoms with Crippen LogP contribution in [0, 0.1) is 10.1 Å². The van der Waals surface area contributed by atoms with Gasteiger partial charge < -0.3 is 0 Å². The first-order valence-corrected chi connectivity index (χ1v) is 9.39. The first-order valence-electron chi connectivity index (χ1n) is 9.39. The third kappa shape index (κ3) is 4.70. The van der Waals surface area contributed by atoms with Crippen molar-refractivity contribution >= 4 is 17.8 Å². The molecule has 4 aromatic rings. The van der Waals surface area contributed by atoms with E-state index in [1.165, 1.54) is 18.3 Å². The van der Waals surface area contributed by atoms with Crippen molar-refractivity contribution in [2.45, 2.75) is 0 Å². The Kier molecular flexibility index (Phi) is 5.62. The molecule has 0 saturated carbocycles. The van der Waals surface area contributed by atoms with Crippen LogP contribution in [0.25, 0.3) is 22.4 Å². The standard InChI is InChI=1S/C23H17N5O3/c29-23(27-24-15-16-5-4-8-20(13-16)28(30)31)22-14-21(25-26-22)19-11-9-18(10-12-19)17-6-2-1-3-7-17/h1-15H,(H,25,26)(H,27,29)/b24-15-. The number of H-pyrrole nitrogens is 1. The molecule has 0 bridgehead atoms. The van der Waals surface area contributed by atoms with Gasteiger partial charge in [0.05, 0.1) is 16.8 Å². The molecule has 1 heterocycles. The van der Waals surface area contributed by atoms with Gasteiger partial charge in [-0.3, -0.25) is 20.0 Å². The van der Waals surface area contributed by atoms with Crippen molar-refractivity contribution in [3.05, 3.63) is 106 Å². The lowest BCUT2D eigenvalue weighted by atomic mass is 10.0. The van der Waals surface area contributed by atoms with Crippen molar-refractivity contribution in [3.8, 4) is 22.4 Å². The Labute approximate surface area is 177 Å². The molecule has 8 heteroatoms. The van der Waals surface area contributed by atoms with Gasteiger partial charge >= 0.3 is 0 Å². The fraction of sp³-hybridized carbons (Fsp3) is 0. The highest BCUT2D eigenvalue weighted by Crippen LogP contribution is 2.24. The monoisotopic (exact) mass is 411 g/mol. The van der Waals surface area contributed by atoms with E-state index in [1.54, 1.807) is 18.2 Å². The second-order valence-electron chi connectivity index (χ2n) is 6.66. The summed E-state index contributed by atoms with van der Waals surface area (Å²) in [4.78, 5) is 22.6. The number of nitro groups is 1. The molecule has 0 fully saturated rings. The van der Waals surface area contributed by atoms with Crippen molar-refractivity contribution in [2.24, 2.45) is 5.10 Å². The number of nitrogens with zero attached hydrogens (tertiary/aromatic N) is 3. The quantitative estimate of drug-likeness (QED) is 0.278. The fourth-order valence-corrected chi connectivity index (χ4v) is 2.99. The summed E-state index contributed by atoms with van der Waals surface area (Å²) < 4.78 is 0. The number of aromatic nitrogens is 2. The molecule has 1 aromatic heterocycles. The highest BCUT2D eigenvalue weighted by molar-refractivity contribution is 5.94. The molecule has 0 aliphatic carbocycles. The predicted molar refractivity (Wildman–Crippen MR) is 118 cm³/mol. The summed E-state index contributed by atoms with van der Waals surface area (Å²) in [6.07, 6.45) is 1.34. The lowest BCUT2D eigenvalue weighted by molar-refractivity contribution is -0.384. The van der Waals surface area contributed by atoms with Gasteiger partial charge in [-0.2, -0.15) is 10.2 Å². The van der Waals surface area contributed by atoms with Crippen molar-refractivity contribution in [2.75, 3.05) is 0 Å². The van der Waals surface area contributed by atoms with Gasteiger partial charge in [0.15, 0.2) is 0 Å². The van der Waals surface area contributed by atoms with Crippen LogP contribution in [0.4, 0.5) is 5.69 Å². The van der Waals surface area contributed by atoms with E-state index < -0.39 is 10.8 Å². The lowest BCUT2D eigenvalue weighted by Gasteiger charge is -2.02. The molecule has 2 N–H and O–H groups in total. The summed E-state index contributed by atoms with van der Waals surface area (Å²) in [6.45, 7) is 0. The zero-order chi connectivity index (χ0) is 21.6. The van der Waals surface area contributed by atoms with E-state index in [9.17, 15) is 14.9 Å². The molecule has 0 spiro atoms. The molecule has 0 aliphatic heterocycles. The maximum atomic E-state index is 12.3. The molecular formula is C23H17N5O3. The SMILES string of the molecule is O=C(N/N=C\c1cccc([N+](=O)[O-])c1)c1cc(-c2ccc(-c3ccccc3)cc2)n[nH]1. The van der Waals surface area contributed by atoms with E-state index in [0.717, 1.165) is 16.7 Å². The van der Waals surface area contributed by atoms with Crippen molar-refractivity contribution < 1.29 is 9.72 Å². The van der Waals surface area contributed by atoms with Crippen molar-refractivity contribution in [1.29, 1.82) is 0 Å². The number of carbonyl (C=O) groups excluding carboxylic acids is 1. The van der Waals surface area contributed by atoms with Crippen molar-refractivity contribution in [3.63, 3.8) is 0 Å². The average molecular weight is 411 g/mol. The molecule has 152 valence electrons. The van der Waals surface area contributed by atoms with Crippen molar-refractivity contribution in [1.82, 2.24) is 15.6 Å². The summed E-state index contributed by atoms with van der Waals surface area (Å²) in [5, 5.41) is 21.6. The van der Waals surface area contributed by atoms with Gasteiger partial charge in [0, 0.05) is 23.3 Å². The molecule has 8 nitrogen and oxygen atoms in total. The van der Waals surface area contributed by atoms with E-state index in [2.05, 4.69) is 20.7 Å². The third-order valence-corrected chi connectivity index (χ3v) is 4.57. The lowest BCUT2D eigenvalue weighted by Crippen LogP contribution is -2.18. The van der Waals surface area contributed by atoms with Crippen LogP contribution in [-0.2, 0) is 0 Å². The topological polar surface area (TPSA) is 113 Å². The number of carbonyl (C=O) groups is 1. The maximum absolute atomic E-state index is 12.3. The van der Waals surface area contributed by atoms with Gasteiger partial charge in [-0.15, -0.1) is 0 Å². The molecule has 1 amide bonds. The van der Waals surface area contributed by atoms with E-state index in [4.69, 9.17) is 0 Å². The van der Waals surface area contributed by atoms with Gasteiger partial charge in [0.2, 0.25) is 0 Å². The van der Waals surface area contributed by atoms with Gasteiger partial charge in [0.25, 0.3) is 11.6 Å². The fourth-order valence-electron chi connectivity index (χ4n) is 2.99. The highest BCUT2D eigenvalue weighted by Gasteiger charge is 2.11. The molecule has 31 heavy (non-hydrogen) atoms. The first kappa shape index (κ1) is 19.7. The van der Waals surface area contributed by atoms with Gasteiger partial charge in [-0.1, -0.05) is 66.7 Å². The summed E-state index contributed by atoms with van der Waals surface area (Å²) in [6, 6.07) is 25.5. The van der Waals surface area contributed by atoms with Crippen LogP contribution in [0.2, 0.25) is 0 Å². The van der Waals surface area contributed by atoms with Crippen LogP contribution < -0.4 is 5.43 Å². The minimum absolute atomic E-state index is 0.0493. The predicted octanol–water partition coefficient (Wildman–Crippen LogP) is 4.42. The Morgan fingerprint density at radius 3 is 2.39 bits per heavy atom. The number of aromatic amines is 1. The summed E-state index contributed by atoms with van der Waals surface area (Å²) >= 11 is 0. The second kappa shape index (κ2) is 8.83. The van der Waals surface area contributed by atoms with Crippen LogP contribution in [0.3, 0.4) is 0 Å². The third-order valence-electron chi connectivity index (χ3n) is 4.57. The summed E-state index contributed by atoms with van der Waals surface area (Å²) in [5.41, 5.74) is 6.79. The average Bonchev–Trinajstić information content (AvgIpc) is 3.30. The highest BCUT2D eigenvalue weighted by atomic mass is 16.6. The van der Waals surface area contributed by atoms with E-state index in [0.29, 0.717) is 11.3 Å². The number of nitrogens with one attached hydrogen (secondary N) is 2. The molecule has 0 saturated heterocycles. The second-order valence-corrected chi connectivity index (χ2v) is 6.66. The molecule has 0 aliphatic rings. The maximum Gasteiger partial charge on any atom is 0.289 e. The molecule has 0 atom stereocenters. The Balaban J connectivity index is 1.42. The Morgan fingerprint density at radius 1 is 0.935 bits per heavy atom. The van der Waals surface area contributed by atoms with Gasteiger partial charge in [0.1, 0.15) is 5.69 Å². The molecule has 0 unspecified atom stereocenters. The Bertz CT molecular complexity index is 1250. The smallest absolute Gasteiger partial charge is 0.272 e. The number of hydrogen-bond donors (Lipinski definition) is 2. The molecule has 0 radical (unpaired) electrons. The number of non-ortho nitro benzene ring substituents is 1. The number of hydrogen-bond acceptors (Lipinski definition) is 5. The molecular weight excluding hydrogens is 394 g/mol. The Hall–Kier alpha value is -4.59.